The van der Waals surface area contributed by atoms with Gasteiger partial charge in [-0.1, -0.05) is 0 Å². The molecule has 1 saturated heterocycles. The number of fused-ring (bicyclic) bond motifs is 1. The van der Waals surface area contributed by atoms with Crippen LogP contribution in [0.1, 0.15) is 26.3 Å². The summed E-state index contributed by atoms with van der Waals surface area (Å²) in [5.41, 5.74) is -3.91. The number of non-ortho nitro benzene ring substituents is 1. The molecular weight excluding hydrogens is 430 g/mol. The number of halogens is 4. The Kier molecular flexibility index (Phi) is 5.59. The number of ether oxygens (including phenoxy) is 3. The number of alkyl carbamates (subject to hydrolysis) is 1. The highest BCUT2D eigenvalue weighted by Crippen LogP contribution is 2.50. The lowest BCUT2D eigenvalue weighted by Gasteiger charge is -2.36. The lowest BCUT2D eigenvalue weighted by molar-refractivity contribution is -0.385. The third-order valence-electron chi connectivity index (χ3n) is 4.72. The second-order valence-electron chi connectivity index (χ2n) is 8.08. The van der Waals surface area contributed by atoms with Gasteiger partial charge in [0.15, 0.2) is 6.10 Å². The van der Waals surface area contributed by atoms with Gasteiger partial charge in [-0.05, 0) is 26.8 Å². The zero-order chi connectivity index (χ0) is 23.2. The number of rotatable bonds is 2. The van der Waals surface area contributed by atoms with E-state index in [2.05, 4.69) is 10.3 Å². The summed E-state index contributed by atoms with van der Waals surface area (Å²) in [4.78, 5) is 26.4. The number of aliphatic imine (C=N–C) groups is 1. The quantitative estimate of drug-likeness (QED) is 0.421. The molecule has 0 bridgehead atoms. The lowest BCUT2D eigenvalue weighted by Crippen LogP contribution is -2.50. The molecule has 2 aliphatic rings. The number of carbonyl (C=O) groups excluding carboxylic acids is 1. The summed E-state index contributed by atoms with van der Waals surface area (Å²) in [7, 11) is 0. The van der Waals surface area contributed by atoms with Gasteiger partial charge in [-0.25, -0.2) is 19.5 Å². The second kappa shape index (κ2) is 7.62. The van der Waals surface area contributed by atoms with Crippen molar-refractivity contribution in [3.63, 3.8) is 0 Å². The fourth-order valence-electron chi connectivity index (χ4n) is 3.49. The topological polar surface area (TPSA) is 112 Å². The van der Waals surface area contributed by atoms with Gasteiger partial charge in [-0.3, -0.25) is 10.1 Å². The molecule has 1 aromatic rings. The molecule has 13 heteroatoms. The minimum atomic E-state index is -4.82. The highest BCUT2D eigenvalue weighted by atomic mass is 19.4. The normalized spacial score (nSPS) is 25.8. The van der Waals surface area contributed by atoms with Crippen LogP contribution >= 0.6 is 0 Å². The van der Waals surface area contributed by atoms with Crippen molar-refractivity contribution in [1.82, 2.24) is 5.32 Å². The predicted molar refractivity (Wildman–Crippen MR) is 96.8 cm³/mol. The molecule has 2 heterocycles. The number of nitro groups is 1. The highest BCUT2D eigenvalue weighted by molar-refractivity contribution is 5.91. The maximum Gasteiger partial charge on any atom is 0.415 e. The average Bonchev–Trinajstić information content (AvgIpc) is 3.00. The maximum absolute atomic E-state index is 14.7. The van der Waals surface area contributed by atoms with Gasteiger partial charge < -0.3 is 14.2 Å². The molecule has 0 aliphatic carbocycles. The van der Waals surface area contributed by atoms with E-state index >= 15 is 0 Å². The molecule has 170 valence electrons. The van der Waals surface area contributed by atoms with E-state index in [9.17, 15) is 32.5 Å². The van der Waals surface area contributed by atoms with Gasteiger partial charge in [-0.15, -0.1) is 0 Å². The van der Waals surface area contributed by atoms with Crippen LogP contribution in [-0.2, 0) is 19.7 Å². The van der Waals surface area contributed by atoms with Crippen molar-refractivity contribution in [1.29, 1.82) is 0 Å². The second-order valence-corrected chi connectivity index (χ2v) is 8.08. The number of amidine groups is 1. The lowest BCUT2D eigenvalue weighted by atomic mass is 9.77. The monoisotopic (exact) mass is 449 g/mol. The summed E-state index contributed by atoms with van der Waals surface area (Å²) in [5.74, 6) is -2.56. The van der Waals surface area contributed by atoms with Crippen LogP contribution in [0.15, 0.2) is 23.2 Å². The van der Waals surface area contributed by atoms with Crippen molar-refractivity contribution in [3.8, 4) is 0 Å². The summed E-state index contributed by atoms with van der Waals surface area (Å²) in [6, 6.07) is 1.95. The summed E-state index contributed by atoms with van der Waals surface area (Å²) in [5, 5.41) is 13.3. The first-order valence-corrected chi connectivity index (χ1v) is 9.08. The number of nitro benzene ring substituents is 1. The van der Waals surface area contributed by atoms with E-state index in [1.54, 1.807) is 20.8 Å². The first-order valence-electron chi connectivity index (χ1n) is 9.08. The SMILES string of the molecule is CC(C)(C)OC(=O)NC1=NC2(c3cc([N+](=O)[O-])ccc3F)COC(C(F)(F)F)C2CO1. The van der Waals surface area contributed by atoms with E-state index in [1.165, 1.54) is 0 Å². The van der Waals surface area contributed by atoms with Crippen LogP contribution in [0.3, 0.4) is 0 Å². The van der Waals surface area contributed by atoms with Crippen LogP contribution < -0.4 is 5.32 Å². The fourth-order valence-corrected chi connectivity index (χ4v) is 3.49. The molecule has 2 aliphatic heterocycles. The number of nitrogens with zero attached hydrogens (tertiary/aromatic N) is 2. The predicted octanol–water partition coefficient (Wildman–Crippen LogP) is 3.42. The van der Waals surface area contributed by atoms with Crippen molar-refractivity contribution in [2.24, 2.45) is 10.9 Å². The fraction of sp³-hybridized carbons (Fsp3) is 0.556. The van der Waals surface area contributed by atoms with Crippen LogP contribution in [0.4, 0.5) is 28.0 Å². The molecule has 9 nitrogen and oxygen atoms in total. The zero-order valence-electron chi connectivity index (χ0n) is 16.7. The Bertz CT molecular complexity index is 930. The van der Waals surface area contributed by atoms with E-state index in [-0.39, 0.29) is 0 Å². The Hall–Kier alpha value is -2.96. The Morgan fingerprint density at radius 1 is 1.35 bits per heavy atom. The van der Waals surface area contributed by atoms with Crippen LogP contribution in [0, 0.1) is 21.8 Å². The Morgan fingerprint density at radius 3 is 2.61 bits per heavy atom. The Balaban J connectivity index is 2.07. The summed E-state index contributed by atoms with van der Waals surface area (Å²) >= 11 is 0. The van der Waals surface area contributed by atoms with Gasteiger partial charge >= 0.3 is 12.3 Å². The Labute approximate surface area is 173 Å². The molecule has 1 aromatic carbocycles. The smallest absolute Gasteiger partial charge is 0.415 e. The minimum absolute atomic E-state index is 0.467. The molecule has 3 atom stereocenters. The molecule has 1 amide bonds. The first-order chi connectivity index (χ1) is 14.2. The van der Waals surface area contributed by atoms with Crippen molar-refractivity contribution in [2.75, 3.05) is 13.2 Å². The zero-order valence-corrected chi connectivity index (χ0v) is 16.7. The van der Waals surface area contributed by atoms with Gasteiger partial charge in [0.2, 0.25) is 0 Å². The van der Waals surface area contributed by atoms with Crippen LogP contribution in [-0.4, -0.2) is 48.1 Å². The molecular formula is C18H19F4N3O6. The highest BCUT2D eigenvalue weighted by Gasteiger charge is 2.63. The molecule has 0 saturated carbocycles. The number of alkyl halides is 3. The van der Waals surface area contributed by atoms with Crippen LogP contribution in [0.25, 0.3) is 0 Å². The number of hydrogen-bond acceptors (Lipinski definition) is 7. The van der Waals surface area contributed by atoms with Crippen molar-refractivity contribution in [3.05, 3.63) is 39.7 Å². The largest absolute Gasteiger partial charge is 0.464 e. The van der Waals surface area contributed by atoms with E-state index < -0.39 is 76.7 Å². The molecule has 1 N–H and O–H groups in total. The van der Waals surface area contributed by atoms with Gasteiger partial charge in [0, 0.05) is 17.7 Å². The van der Waals surface area contributed by atoms with E-state index in [1.807, 2.05) is 0 Å². The molecule has 31 heavy (non-hydrogen) atoms. The Morgan fingerprint density at radius 2 is 2.03 bits per heavy atom. The van der Waals surface area contributed by atoms with Crippen LogP contribution in [0.5, 0.6) is 0 Å². The standard InChI is InChI=1S/C18H19F4N3O6/c1-16(2,3)31-15(26)23-14-24-17(10-6-9(25(27)28)4-5-12(10)19)8-30-13(18(20,21)22)11(17)7-29-14/h4-6,11,13H,7-8H2,1-3H3,(H,23,24,26). The van der Waals surface area contributed by atoms with Crippen LogP contribution in [0.2, 0.25) is 0 Å². The van der Waals surface area contributed by atoms with Gasteiger partial charge in [0.25, 0.3) is 11.7 Å². The minimum Gasteiger partial charge on any atom is -0.464 e. The van der Waals surface area contributed by atoms with E-state index in [4.69, 9.17) is 14.2 Å². The van der Waals surface area contributed by atoms with Crippen molar-refractivity contribution in [2.45, 2.75) is 44.2 Å². The third kappa shape index (κ3) is 4.55. The number of nitrogens with one attached hydrogen (secondary N) is 1. The number of hydrogen-bond donors (Lipinski definition) is 1. The third-order valence-corrected chi connectivity index (χ3v) is 4.72. The van der Waals surface area contributed by atoms with Crippen molar-refractivity contribution >= 4 is 17.8 Å². The van der Waals surface area contributed by atoms with E-state index in [0.717, 1.165) is 18.2 Å². The van der Waals surface area contributed by atoms with Gasteiger partial charge in [-0.2, -0.15) is 13.2 Å². The van der Waals surface area contributed by atoms with E-state index in [0.29, 0.717) is 0 Å². The molecule has 0 aromatic heterocycles. The molecule has 0 radical (unpaired) electrons. The molecule has 1 fully saturated rings. The molecule has 3 unspecified atom stereocenters. The number of benzene rings is 1. The van der Waals surface area contributed by atoms with Gasteiger partial charge in [0.05, 0.1) is 24.1 Å². The average molecular weight is 449 g/mol. The number of carbonyl (C=O) groups is 1. The summed E-state index contributed by atoms with van der Waals surface area (Å²) < 4.78 is 70.3. The van der Waals surface area contributed by atoms with Crippen molar-refractivity contribution < 1.29 is 41.5 Å². The summed E-state index contributed by atoms with van der Waals surface area (Å²) in [6.45, 7) is 3.39. The van der Waals surface area contributed by atoms with Gasteiger partial charge in [0.1, 0.15) is 17.0 Å². The summed E-state index contributed by atoms with van der Waals surface area (Å²) in [6.07, 6.45) is -8.16. The first kappa shape index (κ1) is 22.7. The number of amides is 1. The molecule has 0 spiro atoms. The maximum atomic E-state index is 14.7. The molecule has 3 rings (SSSR count).